The van der Waals surface area contributed by atoms with Crippen molar-refractivity contribution in [2.45, 2.75) is 51.0 Å². The lowest BCUT2D eigenvalue weighted by molar-refractivity contribution is 0.0672. The molecule has 1 atom stereocenters. The fourth-order valence-corrected chi connectivity index (χ4v) is 8.33. The maximum absolute atomic E-state index is 13.4. The molecule has 174 valence electrons. The van der Waals surface area contributed by atoms with Gasteiger partial charge in [0.2, 0.25) is 10.0 Å². The Bertz CT molecular complexity index is 1030. The summed E-state index contributed by atoms with van der Waals surface area (Å²) in [6.07, 6.45) is 2.04. The highest BCUT2D eigenvalue weighted by molar-refractivity contribution is 9.10. The van der Waals surface area contributed by atoms with Crippen LogP contribution in [0, 0.1) is 11.8 Å². The lowest BCUT2D eigenvalue weighted by Gasteiger charge is -2.31. The maximum Gasteiger partial charge on any atom is 0.254 e. The number of carbonyl (C=O) groups excluding carboxylic acids is 1. The van der Waals surface area contributed by atoms with Crippen LogP contribution in [0.4, 0.5) is 0 Å². The van der Waals surface area contributed by atoms with Crippen molar-refractivity contribution in [3.63, 3.8) is 0 Å². The van der Waals surface area contributed by atoms with Crippen LogP contribution >= 0.6 is 15.9 Å². The highest BCUT2D eigenvalue weighted by atomic mass is 79.9. The Hall–Kier alpha value is -0.970. The second kappa shape index (κ2) is 9.49. The highest BCUT2D eigenvalue weighted by Gasteiger charge is 2.36. The van der Waals surface area contributed by atoms with Crippen molar-refractivity contribution in [2.24, 2.45) is 11.8 Å². The van der Waals surface area contributed by atoms with E-state index in [1.165, 1.54) is 10.4 Å². The van der Waals surface area contributed by atoms with Gasteiger partial charge in [-0.2, -0.15) is 4.31 Å². The molecule has 0 aliphatic carbocycles. The van der Waals surface area contributed by atoms with Crippen LogP contribution in [-0.2, 0) is 19.9 Å². The first kappa shape index (κ1) is 24.7. The van der Waals surface area contributed by atoms with E-state index in [0.29, 0.717) is 36.4 Å². The summed E-state index contributed by atoms with van der Waals surface area (Å²) in [5, 5.41) is 0. The third-order valence-corrected chi connectivity index (χ3v) is 10.7. The van der Waals surface area contributed by atoms with Gasteiger partial charge in [0.1, 0.15) is 0 Å². The van der Waals surface area contributed by atoms with Crippen LogP contribution in [0.15, 0.2) is 27.6 Å². The SMILES string of the molecule is CC(C)CN(C(=O)c1ccc(Br)c(S(=O)(=O)N2CCC(C)CC2)c1)C1CCS(=O)(=O)C1. The molecule has 31 heavy (non-hydrogen) atoms. The number of benzene rings is 1. The Balaban J connectivity index is 1.92. The van der Waals surface area contributed by atoms with E-state index in [1.807, 2.05) is 13.8 Å². The van der Waals surface area contributed by atoms with E-state index in [1.54, 1.807) is 17.0 Å². The van der Waals surface area contributed by atoms with Gasteiger partial charge < -0.3 is 4.90 Å². The Labute approximate surface area is 194 Å². The minimum absolute atomic E-state index is 0.0426. The zero-order valence-corrected chi connectivity index (χ0v) is 21.5. The largest absolute Gasteiger partial charge is 0.334 e. The van der Waals surface area contributed by atoms with E-state index in [-0.39, 0.29) is 39.8 Å². The number of sulfonamides is 1. The van der Waals surface area contributed by atoms with Gasteiger partial charge in [0, 0.05) is 35.7 Å². The van der Waals surface area contributed by atoms with Gasteiger partial charge in [-0.3, -0.25) is 4.79 Å². The number of hydrogen-bond acceptors (Lipinski definition) is 5. The molecule has 2 aliphatic heterocycles. The van der Waals surface area contributed by atoms with Crippen LogP contribution in [0.3, 0.4) is 0 Å². The molecule has 1 amide bonds. The number of amides is 1. The normalized spacial score (nSPS) is 22.7. The van der Waals surface area contributed by atoms with Gasteiger partial charge >= 0.3 is 0 Å². The van der Waals surface area contributed by atoms with Crippen LogP contribution in [0.5, 0.6) is 0 Å². The number of nitrogens with zero attached hydrogens (tertiary/aromatic N) is 2. The number of piperidine rings is 1. The first-order valence-electron chi connectivity index (χ1n) is 10.7. The predicted octanol–water partition coefficient (Wildman–Crippen LogP) is 3.16. The van der Waals surface area contributed by atoms with E-state index in [9.17, 15) is 21.6 Å². The van der Waals surface area contributed by atoms with Gasteiger partial charge in [-0.05, 0) is 65.2 Å². The zero-order valence-electron chi connectivity index (χ0n) is 18.3. The summed E-state index contributed by atoms with van der Waals surface area (Å²) in [5.74, 6) is 0.356. The Morgan fingerprint density at radius 1 is 1.23 bits per heavy atom. The molecule has 0 saturated carbocycles. The fraction of sp³-hybridized carbons (Fsp3) is 0.667. The quantitative estimate of drug-likeness (QED) is 0.558. The molecule has 10 heteroatoms. The van der Waals surface area contributed by atoms with Gasteiger partial charge in [0.25, 0.3) is 5.91 Å². The molecule has 7 nitrogen and oxygen atoms in total. The lowest BCUT2D eigenvalue weighted by Crippen LogP contribution is -2.43. The van der Waals surface area contributed by atoms with Crippen molar-refractivity contribution in [1.29, 1.82) is 0 Å². The molecule has 2 fully saturated rings. The molecule has 0 radical (unpaired) electrons. The highest BCUT2D eigenvalue weighted by Crippen LogP contribution is 2.30. The molecule has 0 aromatic heterocycles. The Morgan fingerprint density at radius 3 is 2.42 bits per heavy atom. The van der Waals surface area contributed by atoms with Crippen molar-refractivity contribution >= 4 is 41.7 Å². The molecule has 1 aromatic carbocycles. The Kier molecular flexibility index (Phi) is 7.55. The zero-order chi connectivity index (χ0) is 23.0. The molecule has 2 aliphatic rings. The van der Waals surface area contributed by atoms with Gasteiger partial charge in [-0.25, -0.2) is 16.8 Å². The molecule has 0 spiro atoms. The van der Waals surface area contributed by atoms with Gasteiger partial charge in [-0.15, -0.1) is 0 Å². The molecule has 2 heterocycles. The van der Waals surface area contributed by atoms with E-state index in [2.05, 4.69) is 22.9 Å². The van der Waals surface area contributed by atoms with Crippen molar-refractivity contribution in [2.75, 3.05) is 31.1 Å². The van der Waals surface area contributed by atoms with Gasteiger partial charge in [-0.1, -0.05) is 20.8 Å². The van der Waals surface area contributed by atoms with E-state index < -0.39 is 19.9 Å². The molecular formula is C21H31BrN2O5S2. The summed E-state index contributed by atoms with van der Waals surface area (Å²) in [6, 6.07) is 4.23. The summed E-state index contributed by atoms with van der Waals surface area (Å²) >= 11 is 3.34. The number of rotatable bonds is 6. The number of carbonyl (C=O) groups is 1. The van der Waals surface area contributed by atoms with Crippen LogP contribution in [-0.4, -0.2) is 69.1 Å². The smallest absolute Gasteiger partial charge is 0.254 e. The van der Waals surface area contributed by atoms with Crippen molar-refractivity contribution in [1.82, 2.24) is 9.21 Å². The number of halogens is 1. The van der Waals surface area contributed by atoms with E-state index in [0.717, 1.165) is 12.8 Å². The molecule has 3 rings (SSSR count). The number of sulfone groups is 1. The average Bonchev–Trinajstić information content (AvgIpc) is 3.05. The predicted molar refractivity (Wildman–Crippen MR) is 124 cm³/mol. The van der Waals surface area contributed by atoms with Crippen molar-refractivity contribution in [3.8, 4) is 0 Å². The summed E-state index contributed by atoms with van der Waals surface area (Å²) in [5.41, 5.74) is 0.261. The van der Waals surface area contributed by atoms with Crippen LogP contribution < -0.4 is 0 Å². The molecule has 0 N–H and O–H groups in total. The van der Waals surface area contributed by atoms with Crippen LogP contribution in [0.25, 0.3) is 0 Å². The summed E-state index contributed by atoms with van der Waals surface area (Å²) in [7, 11) is -6.89. The first-order valence-corrected chi connectivity index (χ1v) is 14.8. The topological polar surface area (TPSA) is 91.8 Å². The minimum atomic E-state index is -3.74. The minimum Gasteiger partial charge on any atom is -0.334 e. The van der Waals surface area contributed by atoms with E-state index in [4.69, 9.17) is 0 Å². The molecule has 1 aromatic rings. The van der Waals surface area contributed by atoms with Crippen LogP contribution in [0.2, 0.25) is 0 Å². The summed E-state index contributed by atoms with van der Waals surface area (Å²) in [6.45, 7) is 7.41. The van der Waals surface area contributed by atoms with Crippen molar-refractivity contribution in [3.05, 3.63) is 28.2 Å². The first-order chi connectivity index (χ1) is 14.4. The third-order valence-electron chi connectivity index (χ3n) is 6.01. The van der Waals surface area contributed by atoms with Gasteiger partial charge in [0.05, 0.1) is 16.4 Å². The Morgan fingerprint density at radius 2 is 1.87 bits per heavy atom. The lowest BCUT2D eigenvalue weighted by atomic mass is 10.0. The second-order valence-corrected chi connectivity index (χ2v) is 14.1. The number of hydrogen-bond donors (Lipinski definition) is 0. The molecule has 1 unspecified atom stereocenters. The summed E-state index contributed by atoms with van der Waals surface area (Å²) in [4.78, 5) is 15.1. The standard InChI is InChI=1S/C21H31BrN2O5S2/c1-15(2)13-24(18-8-11-30(26,27)14-18)21(25)17-4-5-19(22)20(12-17)31(28,29)23-9-6-16(3)7-10-23/h4-5,12,15-16,18H,6-11,13-14H2,1-3H3. The monoisotopic (exact) mass is 534 g/mol. The van der Waals surface area contributed by atoms with Crippen molar-refractivity contribution < 1.29 is 21.6 Å². The molecular weight excluding hydrogens is 504 g/mol. The summed E-state index contributed by atoms with van der Waals surface area (Å²) < 4.78 is 52.4. The fourth-order valence-electron chi connectivity index (χ4n) is 4.18. The maximum atomic E-state index is 13.4. The van der Waals surface area contributed by atoms with Crippen LogP contribution in [0.1, 0.15) is 50.4 Å². The average molecular weight is 536 g/mol. The van der Waals surface area contributed by atoms with E-state index >= 15 is 0 Å². The third kappa shape index (κ3) is 5.69. The molecule has 2 saturated heterocycles. The van der Waals surface area contributed by atoms with Gasteiger partial charge in [0.15, 0.2) is 9.84 Å². The second-order valence-electron chi connectivity index (χ2n) is 9.14. The molecule has 0 bridgehead atoms.